The molecule has 1 aliphatic carbocycles. The van der Waals surface area contributed by atoms with Crippen molar-refractivity contribution in [1.29, 1.82) is 5.26 Å². The SMILES string of the molecule is CC(C)c1ccc(-n2nc(-c3ccno3)c3c2C(C#N)C(C)(C)CC3=O)cc1. The van der Waals surface area contributed by atoms with E-state index in [2.05, 4.69) is 37.2 Å². The number of Topliss-reactive ketones (excluding diaryl/α,β-unsaturated/α-hetero) is 1. The normalized spacial score (nSPS) is 18.1. The second-order valence-corrected chi connectivity index (χ2v) is 8.29. The zero-order valence-electron chi connectivity index (χ0n) is 16.4. The second kappa shape index (κ2) is 6.45. The zero-order chi connectivity index (χ0) is 20.1. The Labute approximate surface area is 163 Å². The maximum Gasteiger partial charge on any atom is 0.187 e. The summed E-state index contributed by atoms with van der Waals surface area (Å²) in [6, 6.07) is 12.2. The molecule has 0 fully saturated rings. The lowest BCUT2D eigenvalue weighted by atomic mass is 9.68. The van der Waals surface area contributed by atoms with Crippen LogP contribution in [0, 0.1) is 16.7 Å². The van der Waals surface area contributed by atoms with Crippen LogP contribution < -0.4 is 0 Å². The highest BCUT2D eigenvalue weighted by atomic mass is 16.5. The van der Waals surface area contributed by atoms with Crippen LogP contribution in [0.3, 0.4) is 0 Å². The maximum atomic E-state index is 13.0. The molecule has 1 aromatic carbocycles. The molecule has 1 aliphatic rings. The van der Waals surface area contributed by atoms with Crippen LogP contribution in [0.15, 0.2) is 41.1 Å². The van der Waals surface area contributed by atoms with Crippen LogP contribution in [0.2, 0.25) is 0 Å². The molecule has 0 radical (unpaired) electrons. The Balaban J connectivity index is 1.98. The highest BCUT2D eigenvalue weighted by Crippen LogP contribution is 2.47. The second-order valence-electron chi connectivity index (χ2n) is 8.29. The molecular weight excluding hydrogens is 352 g/mol. The van der Waals surface area contributed by atoms with Gasteiger partial charge in [0.25, 0.3) is 0 Å². The van der Waals surface area contributed by atoms with Gasteiger partial charge in [-0.1, -0.05) is 45.0 Å². The summed E-state index contributed by atoms with van der Waals surface area (Å²) in [5.74, 6) is 0.355. The van der Waals surface area contributed by atoms with Crippen molar-refractivity contribution in [3.8, 4) is 23.2 Å². The molecule has 2 heterocycles. The Hall–Kier alpha value is -3.20. The van der Waals surface area contributed by atoms with Crippen molar-refractivity contribution in [2.45, 2.75) is 46.0 Å². The molecule has 3 aromatic rings. The molecular formula is C22H22N4O2. The number of aromatic nitrogens is 3. The number of benzene rings is 1. The van der Waals surface area contributed by atoms with Crippen LogP contribution in [0.4, 0.5) is 0 Å². The van der Waals surface area contributed by atoms with E-state index in [0.717, 1.165) is 5.69 Å². The predicted octanol–water partition coefficient (Wildman–Crippen LogP) is 4.87. The molecule has 0 saturated carbocycles. The Kier molecular flexibility index (Phi) is 4.19. The van der Waals surface area contributed by atoms with Crippen LogP contribution in [0.5, 0.6) is 0 Å². The summed E-state index contributed by atoms with van der Waals surface area (Å²) in [6.07, 6.45) is 1.81. The quantitative estimate of drug-likeness (QED) is 0.653. The number of rotatable bonds is 3. The van der Waals surface area contributed by atoms with Crippen molar-refractivity contribution in [3.63, 3.8) is 0 Å². The average Bonchev–Trinajstić information content (AvgIpc) is 3.29. The molecule has 0 saturated heterocycles. The Morgan fingerprint density at radius 3 is 2.54 bits per heavy atom. The number of carbonyl (C=O) groups excluding carboxylic acids is 1. The van der Waals surface area contributed by atoms with Gasteiger partial charge in [-0.2, -0.15) is 10.4 Å². The van der Waals surface area contributed by atoms with Crippen LogP contribution in [0.25, 0.3) is 17.1 Å². The number of hydrogen-bond donors (Lipinski definition) is 0. The minimum atomic E-state index is -0.479. The smallest absolute Gasteiger partial charge is 0.187 e. The van der Waals surface area contributed by atoms with Crippen molar-refractivity contribution in [2.24, 2.45) is 5.41 Å². The van der Waals surface area contributed by atoms with Gasteiger partial charge in [0.2, 0.25) is 0 Å². The minimum Gasteiger partial charge on any atom is -0.355 e. The maximum absolute atomic E-state index is 13.0. The van der Waals surface area contributed by atoms with Gasteiger partial charge in [-0.05, 0) is 29.0 Å². The van der Waals surface area contributed by atoms with Crippen molar-refractivity contribution in [1.82, 2.24) is 14.9 Å². The van der Waals surface area contributed by atoms with Gasteiger partial charge in [0.05, 0.1) is 35.1 Å². The highest BCUT2D eigenvalue weighted by molar-refractivity contribution is 6.04. The fourth-order valence-electron chi connectivity index (χ4n) is 3.89. The molecule has 1 atom stereocenters. The Morgan fingerprint density at radius 1 is 1.25 bits per heavy atom. The molecule has 0 aliphatic heterocycles. The standard InChI is InChI=1S/C22H22N4O2/c1-13(2)14-5-7-15(8-6-14)26-21-16(12-23)22(3,4)11-17(27)19(21)20(25-26)18-9-10-24-28-18/h5-10,13,16H,11H2,1-4H3. The lowest BCUT2D eigenvalue weighted by Gasteiger charge is -2.34. The van der Waals surface area contributed by atoms with E-state index in [4.69, 9.17) is 9.62 Å². The van der Waals surface area contributed by atoms with Gasteiger partial charge in [-0.15, -0.1) is 0 Å². The van der Waals surface area contributed by atoms with Crippen molar-refractivity contribution in [2.75, 3.05) is 0 Å². The summed E-state index contributed by atoms with van der Waals surface area (Å²) in [5.41, 5.74) is 3.10. The summed E-state index contributed by atoms with van der Waals surface area (Å²) >= 11 is 0. The third-order valence-corrected chi connectivity index (χ3v) is 5.48. The Morgan fingerprint density at radius 2 is 1.96 bits per heavy atom. The topological polar surface area (TPSA) is 84.7 Å². The van der Waals surface area contributed by atoms with Gasteiger partial charge >= 0.3 is 0 Å². The fourth-order valence-corrected chi connectivity index (χ4v) is 3.89. The van der Waals surface area contributed by atoms with Gasteiger partial charge in [-0.3, -0.25) is 4.79 Å². The molecule has 0 N–H and O–H groups in total. The van der Waals surface area contributed by atoms with Gasteiger partial charge < -0.3 is 4.52 Å². The molecule has 0 spiro atoms. The van der Waals surface area contributed by atoms with E-state index < -0.39 is 11.3 Å². The first-order valence-corrected chi connectivity index (χ1v) is 9.40. The first-order valence-electron chi connectivity index (χ1n) is 9.40. The summed E-state index contributed by atoms with van der Waals surface area (Å²) in [5, 5.41) is 18.4. The van der Waals surface area contributed by atoms with E-state index >= 15 is 0 Å². The van der Waals surface area contributed by atoms with Crippen LogP contribution >= 0.6 is 0 Å². The van der Waals surface area contributed by atoms with Crippen LogP contribution in [-0.4, -0.2) is 20.7 Å². The van der Waals surface area contributed by atoms with Crippen molar-refractivity contribution in [3.05, 3.63) is 53.3 Å². The van der Waals surface area contributed by atoms with E-state index in [0.29, 0.717) is 28.6 Å². The van der Waals surface area contributed by atoms with Crippen LogP contribution in [0.1, 0.15) is 67.6 Å². The van der Waals surface area contributed by atoms with E-state index in [1.807, 2.05) is 26.0 Å². The lowest BCUT2D eigenvalue weighted by molar-refractivity contribution is 0.0900. The molecule has 6 heteroatoms. The van der Waals surface area contributed by atoms with Gasteiger partial charge in [0, 0.05) is 12.5 Å². The van der Waals surface area contributed by atoms with Crippen molar-refractivity contribution >= 4 is 5.78 Å². The van der Waals surface area contributed by atoms with Gasteiger partial charge in [0.15, 0.2) is 11.5 Å². The number of hydrogen-bond acceptors (Lipinski definition) is 5. The third kappa shape index (κ3) is 2.75. The molecule has 6 nitrogen and oxygen atoms in total. The number of fused-ring (bicyclic) bond motifs is 1. The summed E-state index contributed by atoms with van der Waals surface area (Å²) < 4.78 is 7.02. The van der Waals surface area contributed by atoms with E-state index in [1.165, 1.54) is 11.8 Å². The van der Waals surface area contributed by atoms with E-state index in [9.17, 15) is 10.1 Å². The molecule has 4 rings (SSSR count). The molecule has 2 aromatic heterocycles. The lowest BCUT2D eigenvalue weighted by Crippen LogP contribution is -2.32. The van der Waals surface area contributed by atoms with E-state index in [1.54, 1.807) is 10.7 Å². The number of nitriles is 1. The molecule has 142 valence electrons. The number of carbonyl (C=O) groups is 1. The van der Waals surface area contributed by atoms with Crippen LogP contribution in [-0.2, 0) is 0 Å². The van der Waals surface area contributed by atoms with Gasteiger partial charge in [-0.25, -0.2) is 4.68 Å². The van der Waals surface area contributed by atoms with Gasteiger partial charge in [0.1, 0.15) is 5.69 Å². The number of nitrogens with zero attached hydrogens (tertiary/aromatic N) is 4. The summed E-state index contributed by atoms with van der Waals surface area (Å²) in [7, 11) is 0. The monoisotopic (exact) mass is 374 g/mol. The number of ketones is 1. The minimum absolute atomic E-state index is 0.0250. The zero-order valence-corrected chi connectivity index (χ0v) is 16.4. The molecule has 0 bridgehead atoms. The highest BCUT2D eigenvalue weighted by Gasteiger charge is 2.45. The first kappa shape index (κ1) is 18.2. The fraction of sp³-hybridized carbons (Fsp3) is 0.364. The summed E-state index contributed by atoms with van der Waals surface area (Å²) in [6.45, 7) is 8.18. The molecule has 0 amide bonds. The third-order valence-electron chi connectivity index (χ3n) is 5.48. The Bertz CT molecular complexity index is 1070. The van der Waals surface area contributed by atoms with Crippen molar-refractivity contribution < 1.29 is 9.32 Å². The largest absolute Gasteiger partial charge is 0.355 e. The summed E-state index contributed by atoms with van der Waals surface area (Å²) in [4.78, 5) is 13.0. The van der Waals surface area contributed by atoms with E-state index in [-0.39, 0.29) is 12.2 Å². The molecule has 28 heavy (non-hydrogen) atoms. The average molecular weight is 374 g/mol. The first-order chi connectivity index (χ1) is 13.3. The molecule has 1 unspecified atom stereocenters. The predicted molar refractivity (Wildman–Crippen MR) is 104 cm³/mol.